The molecule has 0 radical (unpaired) electrons. The largest absolute Gasteiger partial charge is 0.341 e. The van der Waals surface area contributed by atoms with Crippen molar-refractivity contribution in [2.24, 2.45) is 0 Å². The summed E-state index contributed by atoms with van der Waals surface area (Å²) in [7, 11) is 0. The van der Waals surface area contributed by atoms with Crippen molar-refractivity contribution in [2.45, 2.75) is 46.0 Å². The van der Waals surface area contributed by atoms with E-state index in [1.807, 2.05) is 32.9 Å². The number of aryl methyl sites for hydroxylation is 3. The highest BCUT2D eigenvalue weighted by atomic mass is 32.1. The number of amides is 1. The number of likely N-dealkylation sites (tertiary alicyclic amines) is 1. The summed E-state index contributed by atoms with van der Waals surface area (Å²) in [5, 5.41) is 12.8. The first kappa shape index (κ1) is 18.3. The van der Waals surface area contributed by atoms with E-state index in [-0.39, 0.29) is 18.2 Å². The summed E-state index contributed by atoms with van der Waals surface area (Å²) in [5.74, 6) is 1.47. The zero-order chi connectivity index (χ0) is 18.7. The van der Waals surface area contributed by atoms with Gasteiger partial charge in [-0.15, -0.1) is 11.3 Å². The molecule has 0 aromatic carbocycles. The number of carbonyl (C=O) groups excluding carboxylic acids is 1. The molecule has 1 unspecified atom stereocenters. The highest BCUT2D eigenvalue weighted by Crippen LogP contribution is 2.29. The van der Waals surface area contributed by atoms with Gasteiger partial charge in [0.25, 0.3) is 0 Å². The average molecular weight is 370 g/mol. The van der Waals surface area contributed by atoms with Crippen LogP contribution in [0.15, 0.2) is 6.07 Å². The standard InChI is InChI=1S/C18H22N6OS/c1-11-12(2)26-18(20-11)23-16-9-15(21-13(3)22-16)14-5-4-8-24(10-14)17(25)6-7-19/h9,14H,4-6,8,10H2,1-3H3,(H,20,21,22,23). The molecule has 2 aromatic heterocycles. The zero-order valence-corrected chi connectivity index (χ0v) is 16.1. The number of nitriles is 1. The Morgan fingerprint density at radius 1 is 1.38 bits per heavy atom. The van der Waals surface area contributed by atoms with Crippen molar-refractivity contribution in [3.05, 3.63) is 28.2 Å². The Balaban J connectivity index is 1.78. The molecule has 0 saturated carbocycles. The maximum atomic E-state index is 12.0. The maximum absolute atomic E-state index is 12.0. The third-order valence-electron chi connectivity index (χ3n) is 4.54. The lowest BCUT2D eigenvalue weighted by Crippen LogP contribution is -2.39. The van der Waals surface area contributed by atoms with Crippen LogP contribution in [0.1, 0.15) is 47.3 Å². The quantitative estimate of drug-likeness (QED) is 0.888. The Kier molecular flexibility index (Phi) is 5.47. The Morgan fingerprint density at radius 2 is 2.19 bits per heavy atom. The van der Waals surface area contributed by atoms with Crippen molar-refractivity contribution < 1.29 is 4.79 Å². The van der Waals surface area contributed by atoms with E-state index in [9.17, 15) is 4.79 Å². The minimum Gasteiger partial charge on any atom is -0.341 e. The predicted molar refractivity (Wildman–Crippen MR) is 100 cm³/mol. The van der Waals surface area contributed by atoms with Crippen LogP contribution in [0, 0.1) is 32.1 Å². The van der Waals surface area contributed by atoms with Crippen molar-refractivity contribution in [1.82, 2.24) is 19.9 Å². The number of carbonyl (C=O) groups is 1. The molecule has 136 valence electrons. The van der Waals surface area contributed by atoms with Crippen molar-refractivity contribution in [3.63, 3.8) is 0 Å². The molecule has 1 atom stereocenters. The molecule has 0 aliphatic carbocycles. The molecule has 1 saturated heterocycles. The van der Waals surface area contributed by atoms with Crippen LogP contribution < -0.4 is 5.32 Å². The molecule has 3 rings (SSSR count). The summed E-state index contributed by atoms with van der Waals surface area (Å²) in [5.41, 5.74) is 1.95. The van der Waals surface area contributed by atoms with Crippen molar-refractivity contribution >= 4 is 28.2 Å². The first-order valence-corrected chi connectivity index (χ1v) is 9.49. The van der Waals surface area contributed by atoms with Crippen LogP contribution in [-0.4, -0.2) is 38.8 Å². The van der Waals surface area contributed by atoms with Gasteiger partial charge in [-0.3, -0.25) is 4.79 Å². The molecule has 1 amide bonds. The smallest absolute Gasteiger partial charge is 0.236 e. The van der Waals surface area contributed by atoms with Crippen LogP contribution in [0.5, 0.6) is 0 Å². The van der Waals surface area contributed by atoms with Gasteiger partial charge in [0.1, 0.15) is 18.1 Å². The molecule has 8 heteroatoms. The number of hydrogen-bond acceptors (Lipinski definition) is 7. The summed E-state index contributed by atoms with van der Waals surface area (Å²) in [4.78, 5) is 28.5. The number of aromatic nitrogens is 3. The molecular formula is C18H22N6OS. The molecule has 1 aliphatic heterocycles. The molecule has 1 fully saturated rings. The van der Waals surface area contributed by atoms with Gasteiger partial charge in [0.15, 0.2) is 5.13 Å². The summed E-state index contributed by atoms with van der Waals surface area (Å²) >= 11 is 1.60. The molecule has 1 aliphatic rings. The fourth-order valence-corrected chi connectivity index (χ4v) is 3.95. The van der Waals surface area contributed by atoms with Gasteiger partial charge in [0.2, 0.25) is 5.91 Å². The fourth-order valence-electron chi connectivity index (χ4n) is 3.12. The van der Waals surface area contributed by atoms with Crippen molar-refractivity contribution in [2.75, 3.05) is 18.4 Å². The average Bonchev–Trinajstić information content (AvgIpc) is 2.92. The molecule has 26 heavy (non-hydrogen) atoms. The highest BCUT2D eigenvalue weighted by Gasteiger charge is 2.26. The fraction of sp³-hybridized carbons (Fsp3) is 0.500. The monoisotopic (exact) mass is 370 g/mol. The first-order valence-electron chi connectivity index (χ1n) is 8.67. The van der Waals surface area contributed by atoms with Gasteiger partial charge in [-0.2, -0.15) is 5.26 Å². The predicted octanol–water partition coefficient (Wildman–Crippen LogP) is 3.22. The lowest BCUT2D eigenvalue weighted by molar-refractivity contribution is -0.131. The molecular weight excluding hydrogens is 348 g/mol. The second kappa shape index (κ2) is 7.79. The third-order valence-corrected chi connectivity index (χ3v) is 5.53. The van der Waals surface area contributed by atoms with E-state index in [0.29, 0.717) is 18.9 Å². The molecule has 0 bridgehead atoms. The molecule has 7 nitrogen and oxygen atoms in total. The molecule has 2 aromatic rings. The lowest BCUT2D eigenvalue weighted by atomic mass is 9.94. The highest BCUT2D eigenvalue weighted by molar-refractivity contribution is 7.15. The second-order valence-corrected chi connectivity index (χ2v) is 7.73. The van der Waals surface area contributed by atoms with Crippen LogP contribution >= 0.6 is 11.3 Å². The summed E-state index contributed by atoms with van der Waals surface area (Å²) in [6, 6.07) is 3.89. The van der Waals surface area contributed by atoms with E-state index in [0.717, 1.165) is 35.2 Å². The van der Waals surface area contributed by atoms with Gasteiger partial charge in [-0.1, -0.05) is 0 Å². The molecule has 3 heterocycles. The van der Waals surface area contributed by atoms with Crippen LogP contribution in [0.4, 0.5) is 10.9 Å². The van der Waals surface area contributed by atoms with E-state index in [1.54, 1.807) is 16.2 Å². The first-order chi connectivity index (χ1) is 12.5. The van der Waals surface area contributed by atoms with Crippen LogP contribution in [0.2, 0.25) is 0 Å². The van der Waals surface area contributed by atoms with Gasteiger partial charge in [0.05, 0.1) is 17.5 Å². The summed E-state index contributed by atoms with van der Waals surface area (Å²) in [6.45, 7) is 7.22. The van der Waals surface area contributed by atoms with Gasteiger partial charge >= 0.3 is 0 Å². The van der Waals surface area contributed by atoms with E-state index in [4.69, 9.17) is 5.26 Å². The number of hydrogen-bond donors (Lipinski definition) is 1. The van der Waals surface area contributed by atoms with Gasteiger partial charge < -0.3 is 10.2 Å². The molecule has 0 spiro atoms. The van der Waals surface area contributed by atoms with E-state index >= 15 is 0 Å². The van der Waals surface area contributed by atoms with E-state index in [2.05, 4.69) is 20.3 Å². The van der Waals surface area contributed by atoms with Gasteiger partial charge in [0, 0.05) is 30.0 Å². The minimum absolute atomic E-state index is 0.0644. The maximum Gasteiger partial charge on any atom is 0.236 e. The van der Waals surface area contributed by atoms with Gasteiger partial charge in [-0.25, -0.2) is 15.0 Å². The number of nitrogens with one attached hydrogen (secondary N) is 1. The Bertz CT molecular complexity index is 836. The minimum atomic E-state index is -0.102. The number of piperidine rings is 1. The third kappa shape index (κ3) is 4.17. The Hall–Kier alpha value is -2.53. The van der Waals surface area contributed by atoms with Crippen LogP contribution in [0.3, 0.4) is 0 Å². The number of nitrogens with zero attached hydrogens (tertiary/aromatic N) is 5. The Labute approximate surface area is 157 Å². The normalized spacial score (nSPS) is 17.0. The van der Waals surface area contributed by atoms with Crippen LogP contribution in [0.25, 0.3) is 0 Å². The lowest BCUT2D eigenvalue weighted by Gasteiger charge is -2.32. The second-order valence-electron chi connectivity index (χ2n) is 6.52. The van der Waals surface area contributed by atoms with E-state index < -0.39 is 0 Å². The van der Waals surface area contributed by atoms with Crippen molar-refractivity contribution in [3.8, 4) is 6.07 Å². The number of anilines is 2. The SMILES string of the molecule is Cc1nc(Nc2nc(C)c(C)s2)cc(C2CCCN(C(=O)CC#N)C2)n1. The summed E-state index contributed by atoms with van der Waals surface area (Å²) < 4.78 is 0. The van der Waals surface area contributed by atoms with E-state index in [1.165, 1.54) is 4.88 Å². The number of rotatable bonds is 4. The van der Waals surface area contributed by atoms with Crippen LogP contribution in [-0.2, 0) is 4.79 Å². The number of thiazole rings is 1. The van der Waals surface area contributed by atoms with Gasteiger partial charge in [-0.05, 0) is 33.6 Å². The molecule has 1 N–H and O–H groups in total. The summed E-state index contributed by atoms with van der Waals surface area (Å²) in [6.07, 6.45) is 1.82. The van der Waals surface area contributed by atoms with Crippen molar-refractivity contribution in [1.29, 1.82) is 5.26 Å². The Morgan fingerprint density at radius 3 is 2.88 bits per heavy atom. The zero-order valence-electron chi connectivity index (χ0n) is 15.2. The topological polar surface area (TPSA) is 94.8 Å².